The number of amides is 1. The van der Waals surface area contributed by atoms with Crippen LogP contribution in [0.1, 0.15) is 28.2 Å². The fraction of sp³-hybridized carbons (Fsp3) is 0.368. The highest BCUT2D eigenvalue weighted by Crippen LogP contribution is 2.31. The normalized spacial score (nSPS) is 14.7. The van der Waals surface area contributed by atoms with E-state index in [0.29, 0.717) is 12.1 Å². The molecular formula is C19H22N5OS2+. The van der Waals surface area contributed by atoms with Crippen molar-refractivity contribution in [3.63, 3.8) is 0 Å². The Morgan fingerprint density at radius 2 is 2.07 bits per heavy atom. The number of hydrogen-bond donors (Lipinski definition) is 2. The van der Waals surface area contributed by atoms with Crippen LogP contribution in [0.3, 0.4) is 0 Å². The van der Waals surface area contributed by atoms with Crippen LogP contribution in [0.25, 0.3) is 10.9 Å². The average molecular weight is 401 g/mol. The van der Waals surface area contributed by atoms with Crippen LogP contribution in [0.2, 0.25) is 0 Å². The number of para-hydroxylation sites is 1. The summed E-state index contributed by atoms with van der Waals surface area (Å²) in [6, 6.07) is 9.64. The Morgan fingerprint density at radius 1 is 1.26 bits per heavy atom. The lowest BCUT2D eigenvalue weighted by molar-refractivity contribution is -0.886. The summed E-state index contributed by atoms with van der Waals surface area (Å²) >= 11 is 2.98. The van der Waals surface area contributed by atoms with Gasteiger partial charge < -0.3 is 10.2 Å². The van der Waals surface area contributed by atoms with Crippen molar-refractivity contribution in [1.82, 2.24) is 20.5 Å². The first kappa shape index (κ1) is 18.3. The zero-order valence-electron chi connectivity index (χ0n) is 15.2. The number of pyridine rings is 1. The van der Waals surface area contributed by atoms with Crippen molar-refractivity contribution in [2.45, 2.75) is 29.1 Å². The van der Waals surface area contributed by atoms with Crippen LogP contribution in [-0.2, 0) is 0 Å². The average Bonchev–Trinajstić information content (AvgIpc) is 3.33. The molecule has 1 aromatic carbocycles. The van der Waals surface area contributed by atoms with Gasteiger partial charge in [0.05, 0.1) is 37.3 Å². The first-order valence-electron chi connectivity index (χ1n) is 9.18. The minimum atomic E-state index is -0.0394. The first-order valence-corrected chi connectivity index (χ1v) is 10.8. The molecule has 0 unspecified atom stereocenters. The minimum Gasteiger partial charge on any atom is -0.346 e. The van der Waals surface area contributed by atoms with Crippen LogP contribution >= 0.6 is 23.1 Å². The number of benzene rings is 1. The summed E-state index contributed by atoms with van der Waals surface area (Å²) in [6.07, 6.45) is 2.59. The third-order valence-electron chi connectivity index (χ3n) is 4.71. The third kappa shape index (κ3) is 4.45. The lowest BCUT2D eigenvalue weighted by Crippen LogP contribution is -3.10. The van der Waals surface area contributed by atoms with Gasteiger partial charge in [-0.1, -0.05) is 29.5 Å². The maximum absolute atomic E-state index is 12.9. The van der Waals surface area contributed by atoms with Gasteiger partial charge >= 0.3 is 0 Å². The Hall–Kier alpha value is -2.03. The summed E-state index contributed by atoms with van der Waals surface area (Å²) in [5.41, 5.74) is 1.49. The number of quaternary nitrogens is 1. The molecule has 1 aliphatic heterocycles. The van der Waals surface area contributed by atoms with E-state index < -0.39 is 0 Å². The van der Waals surface area contributed by atoms with Crippen molar-refractivity contribution in [3.05, 3.63) is 40.9 Å². The number of aryl methyl sites for hydroxylation is 1. The van der Waals surface area contributed by atoms with Crippen molar-refractivity contribution in [2.24, 2.45) is 0 Å². The summed E-state index contributed by atoms with van der Waals surface area (Å²) in [5, 5.41) is 13.8. The SMILES string of the molecule is Cc1nnc(Sc2cc(C(=O)NCC[NH+]3CCCC3)c3ccccc3n2)s1. The molecule has 1 aliphatic rings. The Balaban J connectivity index is 1.54. The lowest BCUT2D eigenvalue weighted by Gasteiger charge is -2.13. The summed E-state index contributed by atoms with van der Waals surface area (Å²) in [5.74, 6) is -0.0394. The number of likely N-dealkylation sites (tertiary alicyclic amines) is 1. The molecule has 1 amide bonds. The standard InChI is InChI=1S/C19H21N5OS2/c1-13-22-23-19(26-13)27-17-12-15(14-6-2-3-7-16(14)21-17)18(25)20-8-11-24-9-4-5-10-24/h2-3,6-7,12H,4-5,8-11H2,1H3,(H,20,25)/p+1. The van der Waals surface area contributed by atoms with Gasteiger partial charge in [0, 0.05) is 18.2 Å². The zero-order valence-corrected chi connectivity index (χ0v) is 16.8. The molecule has 1 saturated heterocycles. The van der Waals surface area contributed by atoms with Crippen LogP contribution in [0, 0.1) is 6.92 Å². The highest BCUT2D eigenvalue weighted by molar-refractivity contribution is 8.01. The van der Waals surface area contributed by atoms with Crippen molar-refractivity contribution < 1.29 is 9.69 Å². The number of carbonyl (C=O) groups excluding carboxylic acids is 1. The molecule has 6 nitrogen and oxygen atoms in total. The maximum Gasteiger partial charge on any atom is 0.252 e. The summed E-state index contributed by atoms with van der Waals surface area (Å²) in [7, 11) is 0. The van der Waals surface area contributed by atoms with Gasteiger partial charge in [-0.2, -0.15) is 0 Å². The van der Waals surface area contributed by atoms with E-state index in [9.17, 15) is 4.79 Å². The van der Waals surface area contributed by atoms with Crippen LogP contribution in [0.15, 0.2) is 39.7 Å². The predicted octanol–water partition coefficient (Wildman–Crippen LogP) is 1.95. The zero-order chi connectivity index (χ0) is 18.6. The van der Waals surface area contributed by atoms with E-state index in [1.165, 1.54) is 49.0 Å². The first-order chi connectivity index (χ1) is 13.2. The molecule has 4 rings (SSSR count). The molecule has 0 aliphatic carbocycles. The summed E-state index contributed by atoms with van der Waals surface area (Å²) in [6.45, 7) is 6.05. The van der Waals surface area contributed by atoms with E-state index in [1.54, 1.807) is 4.90 Å². The Morgan fingerprint density at radius 3 is 2.85 bits per heavy atom. The summed E-state index contributed by atoms with van der Waals surface area (Å²) < 4.78 is 0.833. The van der Waals surface area contributed by atoms with Crippen molar-refractivity contribution in [3.8, 4) is 0 Å². The molecular weight excluding hydrogens is 378 g/mol. The molecule has 27 heavy (non-hydrogen) atoms. The number of rotatable bonds is 6. The maximum atomic E-state index is 12.9. The molecule has 1 fully saturated rings. The summed E-state index contributed by atoms with van der Waals surface area (Å²) in [4.78, 5) is 19.1. The molecule has 0 bridgehead atoms. The van der Waals surface area contributed by atoms with Crippen LogP contribution in [0.4, 0.5) is 0 Å². The van der Waals surface area contributed by atoms with E-state index in [1.807, 2.05) is 37.3 Å². The Labute approximate surface area is 166 Å². The largest absolute Gasteiger partial charge is 0.346 e. The Kier molecular flexibility index (Phi) is 5.66. The molecule has 0 saturated carbocycles. The fourth-order valence-corrected chi connectivity index (χ4v) is 5.16. The molecule has 3 heterocycles. The van der Waals surface area contributed by atoms with E-state index >= 15 is 0 Å². The van der Waals surface area contributed by atoms with E-state index in [-0.39, 0.29) is 5.91 Å². The van der Waals surface area contributed by atoms with Crippen LogP contribution < -0.4 is 10.2 Å². The second-order valence-electron chi connectivity index (χ2n) is 6.68. The van der Waals surface area contributed by atoms with Crippen LogP contribution in [-0.4, -0.2) is 47.3 Å². The number of aromatic nitrogens is 3. The molecule has 2 aromatic heterocycles. The molecule has 0 radical (unpaired) electrons. The number of hydrogen-bond acceptors (Lipinski definition) is 6. The molecule has 140 valence electrons. The number of nitrogens with one attached hydrogen (secondary N) is 2. The quantitative estimate of drug-likeness (QED) is 0.662. The van der Waals surface area contributed by atoms with Gasteiger partial charge in [0.2, 0.25) is 0 Å². The molecule has 3 aromatic rings. The highest BCUT2D eigenvalue weighted by Gasteiger charge is 2.17. The van der Waals surface area contributed by atoms with Gasteiger partial charge in [-0.25, -0.2) is 4.98 Å². The molecule has 8 heteroatoms. The fourth-order valence-electron chi connectivity index (χ4n) is 3.37. The number of fused-ring (bicyclic) bond motifs is 1. The van der Waals surface area contributed by atoms with Crippen molar-refractivity contribution in [2.75, 3.05) is 26.2 Å². The van der Waals surface area contributed by atoms with Gasteiger partial charge in [0.1, 0.15) is 10.0 Å². The second kappa shape index (κ2) is 8.33. The van der Waals surface area contributed by atoms with Gasteiger partial charge in [-0.15, -0.1) is 10.2 Å². The Bertz CT molecular complexity index is 952. The van der Waals surface area contributed by atoms with Crippen LogP contribution in [0.5, 0.6) is 0 Å². The molecule has 0 spiro atoms. The van der Waals surface area contributed by atoms with E-state index in [4.69, 9.17) is 0 Å². The van der Waals surface area contributed by atoms with E-state index in [0.717, 1.165) is 31.8 Å². The van der Waals surface area contributed by atoms with E-state index in [2.05, 4.69) is 20.5 Å². The monoisotopic (exact) mass is 400 g/mol. The van der Waals surface area contributed by atoms with Gasteiger partial charge in [-0.3, -0.25) is 4.79 Å². The number of nitrogens with zero attached hydrogens (tertiary/aromatic N) is 3. The smallest absolute Gasteiger partial charge is 0.252 e. The molecule has 0 atom stereocenters. The molecule has 2 N–H and O–H groups in total. The highest BCUT2D eigenvalue weighted by atomic mass is 32.2. The van der Waals surface area contributed by atoms with Crippen molar-refractivity contribution in [1.29, 1.82) is 0 Å². The topological polar surface area (TPSA) is 72.2 Å². The van der Waals surface area contributed by atoms with Gasteiger partial charge in [0.25, 0.3) is 5.91 Å². The van der Waals surface area contributed by atoms with Gasteiger partial charge in [-0.05, 0) is 30.8 Å². The number of carbonyl (C=O) groups is 1. The third-order valence-corrected chi connectivity index (χ3v) is 6.52. The second-order valence-corrected chi connectivity index (χ2v) is 9.13. The minimum absolute atomic E-state index is 0.0394. The predicted molar refractivity (Wildman–Crippen MR) is 108 cm³/mol. The van der Waals surface area contributed by atoms with Gasteiger partial charge in [0.15, 0.2) is 4.34 Å². The van der Waals surface area contributed by atoms with Crippen molar-refractivity contribution >= 4 is 39.9 Å². The lowest BCUT2D eigenvalue weighted by atomic mass is 10.1.